The average Bonchev–Trinajstić information content (AvgIpc) is 3.05. The molecule has 0 bridgehead atoms. The number of piperidine rings is 1. The molecule has 2 fully saturated rings. The number of benzene rings is 1. The van der Waals surface area contributed by atoms with Gasteiger partial charge in [0.15, 0.2) is 16.4 Å². The number of esters is 1. The highest BCUT2D eigenvalue weighted by molar-refractivity contribution is 7.91. The van der Waals surface area contributed by atoms with Gasteiger partial charge in [-0.3, -0.25) is 4.79 Å². The van der Waals surface area contributed by atoms with Crippen molar-refractivity contribution in [2.45, 2.75) is 36.6 Å². The van der Waals surface area contributed by atoms with Crippen LogP contribution in [0, 0.1) is 0 Å². The van der Waals surface area contributed by atoms with Crippen LogP contribution in [0.2, 0.25) is 5.02 Å². The first-order valence-corrected chi connectivity index (χ1v) is 13.2. The minimum Gasteiger partial charge on any atom is -0.452 e. The number of carbonyl (C=O) groups excluding carboxylic acids is 2. The Hall–Kier alpha value is -1.69. The molecule has 0 saturated carbocycles. The standard InChI is InChI=1S/C18H23ClN2O7S2/c19-16-5-4-14(30(26,27)21-7-2-1-3-8-21)10-15(16)18(23)28-11-17(22)20-13-6-9-29(24,25)12-13/h4-5,10,13H,1-3,6-9,11-12H2,(H,20,22)/t13-/m0/s1. The first kappa shape index (κ1) is 23.0. The molecular weight excluding hydrogens is 456 g/mol. The van der Waals surface area contributed by atoms with Gasteiger partial charge < -0.3 is 10.1 Å². The molecule has 2 aliphatic rings. The molecule has 1 amide bonds. The molecule has 1 N–H and O–H groups in total. The van der Waals surface area contributed by atoms with Gasteiger partial charge >= 0.3 is 5.97 Å². The number of hydrogen-bond acceptors (Lipinski definition) is 7. The van der Waals surface area contributed by atoms with E-state index in [-0.39, 0.29) is 27.0 Å². The lowest BCUT2D eigenvalue weighted by Crippen LogP contribution is -2.38. The number of ether oxygens (including phenoxy) is 1. The fraction of sp³-hybridized carbons (Fsp3) is 0.556. The molecule has 1 aromatic carbocycles. The van der Waals surface area contributed by atoms with Gasteiger partial charge in [-0.05, 0) is 37.5 Å². The lowest BCUT2D eigenvalue weighted by molar-refractivity contribution is -0.124. The van der Waals surface area contributed by atoms with Crippen LogP contribution < -0.4 is 5.32 Å². The molecule has 0 aromatic heterocycles. The Bertz CT molecular complexity index is 1030. The number of sulfonamides is 1. The number of halogens is 1. The van der Waals surface area contributed by atoms with Crippen LogP contribution in [-0.4, -0.2) is 70.3 Å². The SMILES string of the molecule is O=C(COC(=O)c1cc(S(=O)(=O)N2CCCCC2)ccc1Cl)N[C@H]1CCS(=O)(=O)C1. The van der Waals surface area contributed by atoms with E-state index in [0.29, 0.717) is 19.5 Å². The molecule has 1 aromatic rings. The zero-order chi connectivity index (χ0) is 21.9. The second-order valence-electron chi connectivity index (χ2n) is 7.35. The summed E-state index contributed by atoms with van der Waals surface area (Å²) in [6.45, 7) is 0.207. The van der Waals surface area contributed by atoms with Crippen LogP contribution in [0.25, 0.3) is 0 Å². The van der Waals surface area contributed by atoms with Crippen molar-refractivity contribution in [3.8, 4) is 0 Å². The number of hydrogen-bond donors (Lipinski definition) is 1. The third kappa shape index (κ3) is 5.51. The Morgan fingerprint density at radius 2 is 1.90 bits per heavy atom. The van der Waals surface area contributed by atoms with Gasteiger partial charge in [0.05, 0.1) is 27.0 Å². The fourth-order valence-corrected chi connectivity index (χ4v) is 6.87. The van der Waals surface area contributed by atoms with Gasteiger partial charge in [0.1, 0.15) is 0 Å². The van der Waals surface area contributed by atoms with E-state index < -0.39 is 44.4 Å². The summed E-state index contributed by atoms with van der Waals surface area (Å²) < 4.78 is 54.8. The Labute approximate surface area is 180 Å². The van der Waals surface area contributed by atoms with E-state index in [0.717, 1.165) is 25.3 Å². The molecule has 0 radical (unpaired) electrons. The van der Waals surface area contributed by atoms with E-state index in [1.165, 1.54) is 16.4 Å². The van der Waals surface area contributed by atoms with E-state index in [1.807, 2.05) is 0 Å². The minimum atomic E-state index is -3.76. The molecular formula is C18H23ClN2O7S2. The number of amides is 1. The van der Waals surface area contributed by atoms with Crippen molar-refractivity contribution >= 4 is 43.3 Å². The minimum absolute atomic E-state index is 0.000103. The topological polar surface area (TPSA) is 127 Å². The highest BCUT2D eigenvalue weighted by atomic mass is 35.5. The van der Waals surface area contributed by atoms with Crippen LogP contribution in [0.4, 0.5) is 0 Å². The summed E-state index contributed by atoms with van der Waals surface area (Å²) in [5.41, 5.74) is -0.161. The summed E-state index contributed by atoms with van der Waals surface area (Å²) in [5.74, 6) is -1.72. The Balaban J connectivity index is 1.64. The molecule has 2 aliphatic heterocycles. The van der Waals surface area contributed by atoms with Crippen LogP contribution >= 0.6 is 11.6 Å². The number of nitrogens with zero attached hydrogens (tertiary/aromatic N) is 1. The summed E-state index contributed by atoms with van der Waals surface area (Å²) in [4.78, 5) is 24.3. The molecule has 2 saturated heterocycles. The normalized spacial score (nSPS) is 21.8. The van der Waals surface area contributed by atoms with Gasteiger partial charge in [-0.2, -0.15) is 4.31 Å². The Kier molecular flexibility index (Phi) is 7.05. The van der Waals surface area contributed by atoms with E-state index in [1.54, 1.807) is 0 Å². The predicted octanol–water partition coefficient (Wildman–Crippen LogP) is 0.975. The van der Waals surface area contributed by atoms with Gasteiger partial charge in [0.2, 0.25) is 10.0 Å². The van der Waals surface area contributed by atoms with Gasteiger partial charge in [-0.15, -0.1) is 0 Å². The molecule has 1 atom stereocenters. The first-order valence-electron chi connectivity index (χ1n) is 9.55. The van der Waals surface area contributed by atoms with Gasteiger partial charge in [-0.25, -0.2) is 21.6 Å². The summed E-state index contributed by atoms with van der Waals surface area (Å²) in [7, 11) is -6.91. The first-order chi connectivity index (χ1) is 14.1. The van der Waals surface area contributed by atoms with E-state index in [2.05, 4.69) is 5.32 Å². The molecule has 166 valence electrons. The predicted molar refractivity (Wildman–Crippen MR) is 110 cm³/mol. The molecule has 12 heteroatoms. The van der Waals surface area contributed by atoms with Crippen molar-refractivity contribution in [2.75, 3.05) is 31.2 Å². The lowest BCUT2D eigenvalue weighted by atomic mass is 10.2. The van der Waals surface area contributed by atoms with E-state index in [4.69, 9.17) is 16.3 Å². The molecule has 3 rings (SSSR count). The Morgan fingerprint density at radius 3 is 2.53 bits per heavy atom. The van der Waals surface area contributed by atoms with Crippen molar-refractivity contribution < 1.29 is 31.2 Å². The van der Waals surface area contributed by atoms with Crippen LogP contribution in [0.5, 0.6) is 0 Å². The third-order valence-corrected chi connectivity index (χ3v) is 9.03. The van der Waals surface area contributed by atoms with Crippen molar-refractivity contribution in [3.05, 3.63) is 28.8 Å². The van der Waals surface area contributed by atoms with Crippen molar-refractivity contribution in [3.63, 3.8) is 0 Å². The highest BCUT2D eigenvalue weighted by Gasteiger charge is 2.30. The van der Waals surface area contributed by atoms with Crippen LogP contribution in [0.3, 0.4) is 0 Å². The molecule has 0 unspecified atom stereocenters. The zero-order valence-electron chi connectivity index (χ0n) is 16.2. The average molecular weight is 479 g/mol. The number of carbonyl (C=O) groups is 2. The molecule has 30 heavy (non-hydrogen) atoms. The molecule has 2 heterocycles. The highest BCUT2D eigenvalue weighted by Crippen LogP contribution is 2.25. The van der Waals surface area contributed by atoms with Crippen molar-refractivity contribution in [2.24, 2.45) is 0 Å². The summed E-state index contributed by atoms with van der Waals surface area (Å²) in [6.07, 6.45) is 2.83. The van der Waals surface area contributed by atoms with Gasteiger partial charge in [0.25, 0.3) is 5.91 Å². The molecule has 9 nitrogen and oxygen atoms in total. The van der Waals surface area contributed by atoms with Crippen LogP contribution in [-0.2, 0) is 29.4 Å². The second kappa shape index (κ2) is 9.21. The summed E-state index contributed by atoms with van der Waals surface area (Å²) >= 11 is 6.03. The number of nitrogens with one attached hydrogen (secondary N) is 1. The third-order valence-electron chi connectivity index (χ3n) is 5.04. The quantitative estimate of drug-likeness (QED) is 0.603. The maximum Gasteiger partial charge on any atom is 0.340 e. The number of rotatable bonds is 6. The van der Waals surface area contributed by atoms with Crippen molar-refractivity contribution in [1.82, 2.24) is 9.62 Å². The molecule has 0 spiro atoms. The Morgan fingerprint density at radius 1 is 1.20 bits per heavy atom. The van der Waals surface area contributed by atoms with Crippen LogP contribution in [0.15, 0.2) is 23.1 Å². The fourth-order valence-electron chi connectivity index (χ4n) is 3.46. The zero-order valence-corrected chi connectivity index (χ0v) is 18.6. The van der Waals surface area contributed by atoms with Crippen molar-refractivity contribution in [1.29, 1.82) is 0 Å². The van der Waals surface area contributed by atoms with Gasteiger partial charge in [-0.1, -0.05) is 18.0 Å². The summed E-state index contributed by atoms with van der Waals surface area (Å²) in [5, 5.41) is 2.50. The monoisotopic (exact) mass is 478 g/mol. The lowest BCUT2D eigenvalue weighted by Gasteiger charge is -2.26. The number of sulfone groups is 1. The van der Waals surface area contributed by atoms with E-state index >= 15 is 0 Å². The van der Waals surface area contributed by atoms with E-state index in [9.17, 15) is 26.4 Å². The maximum absolute atomic E-state index is 12.8. The molecule has 0 aliphatic carbocycles. The maximum atomic E-state index is 12.8. The van der Waals surface area contributed by atoms with Gasteiger partial charge in [0, 0.05) is 19.1 Å². The summed E-state index contributed by atoms with van der Waals surface area (Å²) in [6, 6.07) is 3.27. The van der Waals surface area contributed by atoms with Crippen LogP contribution in [0.1, 0.15) is 36.0 Å². The second-order valence-corrected chi connectivity index (χ2v) is 11.9. The largest absolute Gasteiger partial charge is 0.452 e. The smallest absolute Gasteiger partial charge is 0.340 e.